The van der Waals surface area contributed by atoms with E-state index in [9.17, 15) is 27.6 Å². The van der Waals surface area contributed by atoms with E-state index in [1.54, 1.807) is 13.0 Å². The quantitative estimate of drug-likeness (QED) is 0.289. The Morgan fingerprint density at radius 1 is 1.08 bits per heavy atom. The van der Waals surface area contributed by atoms with Gasteiger partial charge in [-0.3, -0.25) is 24.1 Å². The number of hydrogen-bond donors (Lipinski definition) is 1. The summed E-state index contributed by atoms with van der Waals surface area (Å²) in [5, 5.41) is 1.91. The largest absolute Gasteiger partial charge is 0.493 e. The van der Waals surface area contributed by atoms with Crippen molar-refractivity contribution in [2.45, 2.75) is 18.7 Å². The minimum Gasteiger partial charge on any atom is -0.493 e. The molecule has 0 aromatic heterocycles. The summed E-state index contributed by atoms with van der Waals surface area (Å²) in [6, 6.07) is 9.70. The summed E-state index contributed by atoms with van der Waals surface area (Å²) >= 11 is 0.638. The molecule has 1 saturated heterocycles. The van der Waals surface area contributed by atoms with Gasteiger partial charge in [0, 0.05) is 12.6 Å². The third-order valence-electron chi connectivity index (χ3n) is 4.61. The number of carbonyl (C=O) groups is 4. The first-order valence-corrected chi connectivity index (χ1v) is 12.7. The number of amides is 3. The number of methoxy groups -OCH3 is 1. The van der Waals surface area contributed by atoms with Crippen LogP contribution in [0.4, 0.5) is 10.5 Å². The number of imide groups is 1. The highest BCUT2D eigenvalue weighted by molar-refractivity contribution is 8.18. The number of thioether (sulfide) groups is 1. The van der Waals surface area contributed by atoms with Gasteiger partial charge in [0.2, 0.25) is 5.91 Å². The van der Waals surface area contributed by atoms with Crippen LogP contribution in [0.5, 0.6) is 11.5 Å². The van der Waals surface area contributed by atoms with Gasteiger partial charge in [-0.25, -0.2) is 0 Å². The number of benzene rings is 2. The fraction of sp³-hybridized carbons (Fsp3) is 0.217. The van der Waals surface area contributed by atoms with Crippen LogP contribution in [0.3, 0.4) is 0 Å². The van der Waals surface area contributed by atoms with Crippen LogP contribution in [0.15, 0.2) is 52.3 Å². The molecular formula is C23H22N2O9S2. The number of nitrogens with one attached hydrogen (secondary N) is 1. The van der Waals surface area contributed by atoms with Crippen LogP contribution in [-0.4, -0.2) is 56.6 Å². The van der Waals surface area contributed by atoms with Crippen LogP contribution in [0.2, 0.25) is 0 Å². The smallest absolute Gasteiger partial charge is 0.339 e. The van der Waals surface area contributed by atoms with Gasteiger partial charge in [-0.1, -0.05) is 6.07 Å². The van der Waals surface area contributed by atoms with E-state index < -0.39 is 33.8 Å². The second kappa shape index (κ2) is 11.3. The van der Waals surface area contributed by atoms with E-state index in [1.807, 2.05) is 0 Å². The van der Waals surface area contributed by atoms with E-state index in [0.29, 0.717) is 23.0 Å². The monoisotopic (exact) mass is 534 g/mol. The molecule has 190 valence electrons. The zero-order valence-corrected chi connectivity index (χ0v) is 21.1. The van der Waals surface area contributed by atoms with Crippen LogP contribution < -0.4 is 14.2 Å². The third-order valence-corrected chi connectivity index (χ3v) is 6.77. The van der Waals surface area contributed by atoms with E-state index >= 15 is 0 Å². The maximum absolute atomic E-state index is 12.8. The molecule has 3 amide bonds. The van der Waals surface area contributed by atoms with Crippen LogP contribution in [0.25, 0.3) is 6.08 Å². The van der Waals surface area contributed by atoms with Crippen molar-refractivity contribution >= 4 is 56.7 Å². The van der Waals surface area contributed by atoms with Gasteiger partial charge in [-0.05, 0) is 66.7 Å². The Bertz CT molecular complexity index is 1340. The summed E-state index contributed by atoms with van der Waals surface area (Å²) in [5.41, 5.74) is 0.765. The summed E-state index contributed by atoms with van der Waals surface area (Å²) in [6.45, 7) is 2.54. The molecular weight excluding hydrogens is 512 g/mol. The molecule has 3 rings (SSSR count). The van der Waals surface area contributed by atoms with Crippen molar-refractivity contribution < 1.29 is 41.3 Å². The lowest BCUT2D eigenvalue weighted by molar-refractivity contribution is -0.146. The van der Waals surface area contributed by atoms with E-state index in [2.05, 4.69) is 5.32 Å². The second-order valence-electron chi connectivity index (χ2n) is 7.23. The highest BCUT2D eigenvalue weighted by atomic mass is 32.2. The molecule has 36 heavy (non-hydrogen) atoms. The average molecular weight is 535 g/mol. The lowest BCUT2D eigenvalue weighted by atomic mass is 10.2. The van der Waals surface area contributed by atoms with E-state index in [1.165, 1.54) is 56.5 Å². The molecule has 0 radical (unpaired) electrons. The highest BCUT2D eigenvalue weighted by Gasteiger charge is 2.36. The van der Waals surface area contributed by atoms with Gasteiger partial charge >= 0.3 is 16.1 Å². The van der Waals surface area contributed by atoms with Crippen molar-refractivity contribution in [2.24, 2.45) is 0 Å². The summed E-state index contributed by atoms with van der Waals surface area (Å²) in [4.78, 5) is 48.3. The van der Waals surface area contributed by atoms with Gasteiger partial charge in [0.25, 0.3) is 11.1 Å². The SMILES string of the molecule is CCOC(=O)CN1C(=O)S/C(=C\c2ccc(OC)c(OS(=O)(=O)c3ccc(NC(C)=O)cc3)c2)C1=O. The molecule has 1 N–H and O–H groups in total. The van der Waals surface area contributed by atoms with Crippen molar-refractivity contribution in [3.05, 3.63) is 52.9 Å². The Kier molecular flexibility index (Phi) is 8.37. The molecule has 13 heteroatoms. The van der Waals surface area contributed by atoms with Crippen molar-refractivity contribution in [1.29, 1.82) is 0 Å². The van der Waals surface area contributed by atoms with E-state index in [0.717, 1.165) is 4.90 Å². The van der Waals surface area contributed by atoms with E-state index in [-0.39, 0.29) is 33.8 Å². The van der Waals surface area contributed by atoms with Crippen molar-refractivity contribution in [3.63, 3.8) is 0 Å². The molecule has 11 nitrogen and oxygen atoms in total. The number of nitrogens with zero attached hydrogens (tertiary/aromatic N) is 1. The fourth-order valence-corrected chi connectivity index (χ4v) is 4.82. The number of esters is 1. The molecule has 0 atom stereocenters. The van der Waals surface area contributed by atoms with Gasteiger partial charge in [0.05, 0.1) is 18.6 Å². The van der Waals surface area contributed by atoms with Crippen molar-refractivity contribution in [3.8, 4) is 11.5 Å². The molecule has 1 fully saturated rings. The predicted molar refractivity (Wildman–Crippen MR) is 131 cm³/mol. The van der Waals surface area contributed by atoms with Gasteiger partial charge in [0.15, 0.2) is 11.5 Å². The Hall–Kier alpha value is -3.84. The maximum atomic E-state index is 12.8. The third kappa shape index (κ3) is 6.43. The zero-order chi connectivity index (χ0) is 26.5. The lowest BCUT2D eigenvalue weighted by Gasteiger charge is -2.12. The number of hydrogen-bond acceptors (Lipinski definition) is 10. The Labute approximate surface area is 211 Å². The standard InChI is InChI=1S/C23H22N2O9S2/c1-4-33-21(27)13-25-22(28)20(35-23(25)29)12-15-5-10-18(32-3)19(11-15)34-36(30,31)17-8-6-16(7-9-17)24-14(2)26/h5-12H,4,13H2,1-3H3,(H,24,26)/b20-12-. The first-order chi connectivity index (χ1) is 17.0. The average Bonchev–Trinajstić information content (AvgIpc) is 3.06. The van der Waals surface area contributed by atoms with E-state index in [4.69, 9.17) is 13.7 Å². The number of ether oxygens (including phenoxy) is 2. The first kappa shape index (κ1) is 26.8. The van der Waals surface area contributed by atoms with Gasteiger partial charge < -0.3 is 19.0 Å². The second-order valence-corrected chi connectivity index (χ2v) is 9.77. The molecule has 1 aliphatic rings. The maximum Gasteiger partial charge on any atom is 0.339 e. The summed E-state index contributed by atoms with van der Waals surface area (Å²) in [6.07, 6.45) is 1.37. The minimum atomic E-state index is -4.28. The minimum absolute atomic E-state index is 0.0387. The molecule has 0 unspecified atom stereocenters. The fourth-order valence-electron chi connectivity index (χ4n) is 3.05. The van der Waals surface area contributed by atoms with Gasteiger partial charge in [-0.15, -0.1) is 0 Å². The highest BCUT2D eigenvalue weighted by Crippen LogP contribution is 2.35. The normalized spacial score (nSPS) is 14.6. The molecule has 1 aliphatic heterocycles. The molecule has 0 spiro atoms. The molecule has 2 aromatic rings. The summed E-state index contributed by atoms with van der Waals surface area (Å²) in [5.74, 6) is -1.73. The predicted octanol–water partition coefficient (Wildman–Crippen LogP) is 3.02. The Morgan fingerprint density at radius 3 is 2.39 bits per heavy atom. The topological polar surface area (TPSA) is 145 Å². The lowest BCUT2D eigenvalue weighted by Crippen LogP contribution is -2.34. The van der Waals surface area contributed by atoms with Crippen molar-refractivity contribution in [1.82, 2.24) is 4.90 Å². The van der Waals surface area contributed by atoms with Crippen LogP contribution in [0.1, 0.15) is 19.4 Å². The van der Waals surface area contributed by atoms with Crippen LogP contribution in [0, 0.1) is 0 Å². The number of rotatable bonds is 9. The zero-order valence-electron chi connectivity index (χ0n) is 19.5. The number of anilines is 1. The summed E-state index contributed by atoms with van der Waals surface area (Å²) < 4.78 is 40.9. The summed E-state index contributed by atoms with van der Waals surface area (Å²) in [7, 11) is -2.95. The molecule has 0 saturated carbocycles. The molecule has 0 bridgehead atoms. The van der Waals surface area contributed by atoms with Gasteiger partial charge in [-0.2, -0.15) is 8.42 Å². The van der Waals surface area contributed by atoms with Crippen LogP contribution in [-0.2, 0) is 29.2 Å². The van der Waals surface area contributed by atoms with Gasteiger partial charge in [0.1, 0.15) is 11.4 Å². The molecule has 2 aromatic carbocycles. The van der Waals surface area contributed by atoms with Crippen molar-refractivity contribution in [2.75, 3.05) is 25.6 Å². The van der Waals surface area contributed by atoms with Crippen LogP contribution >= 0.6 is 11.8 Å². The Morgan fingerprint density at radius 2 is 1.78 bits per heavy atom. The number of carbonyl (C=O) groups excluding carboxylic acids is 4. The first-order valence-electron chi connectivity index (χ1n) is 10.4. The Balaban J connectivity index is 1.84. The molecule has 1 heterocycles. The molecule has 0 aliphatic carbocycles.